The van der Waals surface area contributed by atoms with Crippen LogP contribution >= 0.6 is 47.2 Å². The molecule has 9 heteroatoms. The minimum absolute atomic E-state index is 0. The Hall–Kier alpha value is -1.71. The number of rotatable bonds is 5. The molecule has 2 aromatic heterocycles. The molecule has 0 saturated carbocycles. The highest BCUT2D eigenvalue weighted by molar-refractivity contribution is 14.0. The van der Waals surface area contributed by atoms with Crippen LogP contribution in [-0.2, 0) is 20.1 Å². The van der Waals surface area contributed by atoms with Crippen molar-refractivity contribution in [1.82, 2.24) is 25.0 Å². The molecule has 27 heavy (non-hydrogen) atoms. The number of hydrogen-bond acceptors (Lipinski definition) is 2. The normalized spacial score (nSPS) is 11.2. The molecule has 144 valence electrons. The molecule has 0 spiro atoms. The molecule has 0 amide bonds. The summed E-state index contributed by atoms with van der Waals surface area (Å²) in [5.41, 5.74) is 3.06. The maximum absolute atomic E-state index is 6.09. The lowest BCUT2D eigenvalue weighted by atomic mass is 10.3. The average Bonchev–Trinajstić information content (AvgIpc) is 3.23. The van der Waals surface area contributed by atoms with Crippen LogP contribution in [0.1, 0.15) is 11.3 Å². The van der Waals surface area contributed by atoms with E-state index in [-0.39, 0.29) is 24.0 Å². The highest BCUT2D eigenvalue weighted by Gasteiger charge is 2.09. The van der Waals surface area contributed by atoms with Crippen molar-refractivity contribution in [3.8, 4) is 5.69 Å². The van der Waals surface area contributed by atoms with Crippen molar-refractivity contribution in [2.45, 2.75) is 13.1 Å². The minimum Gasteiger partial charge on any atom is -0.352 e. The number of halogens is 3. The molecule has 2 heterocycles. The van der Waals surface area contributed by atoms with Gasteiger partial charge in [-0.3, -0.25) is 4.99 Å². The zero-order chi connectivity index (χ0) is 18.5. The third-order valence-corrected chi connectivity index (χ3v) is 4.84. The first-order valence-corrected chi connectivity index (χ1v) is 8.87. The molecule has 1 aromatic carbocycles. The van der Waals surface area contributed by atoms with Crippen LogP contribution < -0.4 is 10.6 Å². The third-order valence-electron chi connectivity index (χ3n) is 3.99. The average molecular weight is 519 g/mol. The lowest BCUT2D eigenvalue weighted by Crippen LogP contribution is -2.36. The third kappa shape index (κ3) is 5.40. The van der Waals surface area contributed by atoms with E-state index < -0.39 is 0 Å². The Morgan fingerprint density at radius 1 is 1.15 bits per heavy atom. The Morgan fingerprint density at radius 3 is 2.48 bits per heavy atom. The number of nitrogens with one attached hydrogen (secondary N) is 2. The molecule has 0 aliphatic heterocycles. The zero-order valence-corrected chi connectivity index (χ0v) is 18.8. The summed E-state index contributed by atoms with van der Waals surface area (Å²) in [5.74, 6) is 0.686. The van der Waals surface area contributed by atoms with Crippen molar-refractivity contribution in [2.75, 3.05) is 7.05 Å². The van der Waals surface area contributed by atoms with Crippen molar-refractivity contribution in [1.29, 1.82) is 0 Å². The molecule has 0 saturated heterocycles. The second-order valence-corrected chi connectivity index (χ2v) is 6.51. The van der Waals surface area contributed by atoms with Gasteiger partial charge in [0.05, 0.1) is 23.5 Å². The van der Waals surface area contributed by atoms with Gasteiger partial charge in [-0.15, -0.1) is 24.0 Å². The fourth-order valence-electron chi connectivity index (χ4n) is 2.51. The van der Waals surface area contributed by atoms with Gasteiger partial charge in [-0.25, -0.2) is 4.68 Å². The topological polar surface area (TPSA) is 59.2 Å². The van der Waals surface area contributed by atoms with E-state index in [2.05, 4.69) is 20.7 Å². The fraction of sp³-hybridized carbons (Fsp3) is 0.222. The summed E-state index contributed by atoms with van der Waals surface area (Å²) in [5, 5.41) is 12.0. The first kappa shape index (κ1) is 21.6. The molecular weight excluding hydrogens is 498 g/mol. The molecule has 3 rings (SSSR count). The van der Waals surface area contributed by atoms with E-state index in [0.29, 0.717) is 29.2 Å². The number of aromatic nitrogens is 3. The number of hydrogen-bond donors (Lipinski definition) is 2. The maximum Gasteiger partial charge on any atom is 0.191 e. The first-order valence-electron chi connectivity index (χ1n) is 8.11. The smallest absolute Gasteiger partial charge is 0.191 e. The second kappa shape index (κ2) is 10.0. The molecular formula is C18H21Cl2IN6. The van der Waals surface area contributed by atoms with Crippen molar-refractivity contribution in [3.05, 3.63) is 70.2 Å². The first-order chi connectivity index (χ1) is 12.6. The number of aliphatic imine (C=N–C) groups is 1. The molecule has 0 aliphatic carbocycles. The quantitative estimate of drug-likeness (QED) is 0.305. The monoisotopic (exact) mass is 518 g/mol. The van der Waals surface area contributed by atoms with Crippen LogP contribution in [0, 0.1) is 0 Å². The molecule has 0 bridgehead atoms. The van der Waals surface area contributed by atoms with Gasteiger partial charge in [0.25, 0.3) is 0 Å². The summed E-state index contributed by atoms with van der Waals surface area (Å²) in [6, 6.07) is 11.8. The lowest BCUT2D eigenvalue weighted by molar-refractivity contribution is 0.750. The van der Waals surface area contributed by atoms with Crippen LogP contribution in [0.3, 0.4) is 0 Å². The van der Waals surface area contributed by atoms with Crippen LogP contribution in [0.15, 0.2) is 53.8 Å². The van der Waals surface area contributed by atoms with Crippen LogP contribution in [0.25, 0.3) is 5.69 Å². The Bertz CT molecular complexity index is 904. The van der Waals surface area contributed by atoms with Crippen LogP contribution in [-0.4, -0.2) is 27.4 Å². The summed E-state index contributed by atoms with van der Waals surface area (Å²) < 4.78 is 3.69. The van der Waals surface area contributed by atoms with E-state index in [1.165, 1.54) is 0 Å². The summed E-state index contributed by atoms with van der Waals surface area (Å²) >= 11 is 12.1. The van der Waals surface area contributed by atoms with E-state index in [9.17, 15) is 0 Å². The maximum atomic E-state index is 6.09. The Morgan fingerprint density at radius 2 is 1.85 bits per heavy atom. The van der Waals surface area contributed by atoms with Gasteiger partial charge in [-0.2, -0.15) is 5.10 Å². The predicted molar refractivity (Wildman–Crippen MR) is 121 cm³/mol. The molecule has 0 fully saturated rings. The highest BCUT2D eigenvalue weighted by Crippen LogP contribution is 2.24. The molecule has 0 unspecified atom stereocenters. The Balaban J connectivity index is 0.00000261. The number of guanidine groups is 1. The van der Waals surface area contributed by atoms with Gasteiger partial charge >= 0.3 is 0 Å². The Labute approximate surface area is 185 Å². The Kier molecular flexibility index (Phi) is 8.00. The van der Waals surface area contributed by atoms with Gasteiger partial charge in [0.15, 0.2) is 5.96 Å². The van der Waals surface area contributed by atoms with E-state index in [1.54, 1.807) is 7.05 Å². The van der Waals surface area contributed by atoms with Gasteiger partial charge < -0.3 is 15.2 Å². The largest absolute Gasteiger partial charge is 0.352 e. The standard InChI is InChI=1S/C18H20Cl2N6.HI/c1-21-18(23-11-15-8-16(19)17(20)25(15)2)22-9-13-10-24-26(12-13)14-6-4-3-5-7-14;/h3-8,10,12H,9,11H2,1-2H3,(H2,21,22,23);1H. The van der Waals surface area contributed by atoms with Gasteiger partial charge in [-0.1, -0.05) is 41.4 Å². The number of benzene rings is 1. The van der Waals surface area contributed by atoms with E-state index in [0.717, 1.165) is 16.9 Å². The van der Waals surface area contributed by atoms with Crippen LogP contribution in [0.4, 0.5) is 0 Å². The van der Waals surface area contributed by atoms with E-state index >= 15 is 0 Å². The fourth-order valence-corrected chi connectivity index (χ4v) is 2.93. The van der Waals surface area contributed by atoms with Crippen molar-refractivity contribution in [3.63, 3.8) is 0 Å². The van der Waals surface area contributed by atoms with Gasteiger partial charge in [0.1, 0.15) is 5.15 Å². The zero-order valence-electron chi connectivity index (χ0n) is 15.0. The lowest BCUT2D eigenvalue weighted by Gasteiger charge is -2.11. The summed E-state index contributed by atoms with van der Waals surface area (Å²) in [4.78, 5) is 4.23. The van der Waals surface area contributed by atoms with Crippen LogP contribution in [0.5, 0.6) is 0 Å². The number of nitrogens with zero attached hydrogens (tertiary/aromatic N) is 4. The molecule has 2 N–H and O–H groups in total. The van der Waals surface area contributed by atoms with Crippen molar-refractivity contribution >= 4 is 53.1 Å². The predicted octanol–water partition coefficient (Wildman–Crippen LogP) is 4.00. The minimum atomic E-state index is 0. The van der Waals surface area contributed by atoms with Crippen molar-refractivity contribution < 1.29 is 0 Å². The molecule has 0 atom stereocenters. The molecule has 6 nitrogen and oxygen atoms in total. The molecule has 3 aromatic rings. The molecule has 0 radical (unpaired) electrons. The van der Waals surface area contributed by atoms with Gasteiger partial charge in [0.2, 0.25) is 0 Å². The summed E-state index contributed by atoms with van der Waals surface area (Å²) in [6.07, 6.45) is 3.83. The second-order valence-electron chi connectivity index (χ2n) is 5.74. The van der Waals surface area contributed by atoms with Gasteiger partial charge in [-0.05, 0) is 18.2 Å². The SMILES string of the molecule is CN=C(NCc1cnn(-c2ccccc2)c1)NCc1cc(Cl)c(Cl)n1C.I. The van der Waals surface area contributed by atoms with Gasteiger partial charge in [0, 0.05) is 38.1 Å². The van der Waals surface area contributed by atoms with E-state index in [4.69, 9.17) is 23.2 Å². The number of para-hydroxylation sites is 1. The summed E-state index contributed by atoms with van der Waals surface area (Å²) in [6.45, 7) is 1.17. The highest BCUT2D eigenvalue weighted by atomic mass is 127. The van der Waals surface area contributed by atoms with Crippen LogP contribution in [0.2, 0.25) is 10.2 Å². The van der Waals surface area contributed by atoms with Crippen molar-refractivity contribution in [2.24, 2.45) is 12.0 Å². The molecule has 0 aliphatic rings. The summed E-state index contributed by atoms with van der Waals surface area (Å²) in [7, 11) is 3.60. The van der Waals surface area contributed by atoms with E-state index in [1.807, 2.05) is 65.1 Å².